The molecule has 1 heterocycles. The zero-order valence-electron chi connectivity index (χ0n) is 17.4. The maximum absolute atomic E-state index is 13.8. The Morgan fingerprint density at radius 3 is 2.39 bits per heavy atom. The minimum absolute atomic E-state index is 0.0298. The molecule has 3 nitrogen and oxygen atoms in total. The Labute approximate surface area is 186 Å². The molecule has 5 heteroatoms. The fourth-order valence-corrected chi connectivity index (χ4v) is 5.06. The molecule has 3 aromatic carbocycles. The highest BCUT2D eigenvalue weighted by Gasteiger charge is 2.42. The van der Waals surface area contributed by atoms with Crippen LogP contribution >= 0.6 is 11.6 Å². The molecular formula is C26H24ClFN2O. The monoisotopic (exact) mass is 434 g/mol. The largest absolute Gasteiger partial charge is 0.380 e. The summed E-state index contributed by atoms with van der Waals surface area (Å²) in [5.74, 6) is -0.423. The third-order valence-electron chi connectivity index (χ3n) is 6.59. The molecule has 1 saturated carbocycles. The van der Waals surface area contributed by atoms with Gasteiger partial charge < -0.3 is 5.11 Å². The van der Waals surface area contributed by atoms with Gasteiger partial charge in [-0.15, -0.1) is 0 Å². The van der Waals surface area contributed by atoms with E-state index in [1.807, 2.05) is 41.2 Å². The summed E-state index contributed by atoms with van der Waals surface area (Å²) >= 11 is 6.09. The molecule has 5 rings (SSSR count). The molecule has 158 valence electrons. The van der Waals surface area contributed by atoms with Crippen molar-refractivity contribution >= 4 is 22.5 Å². The van der Waals surface area contributed by atoms with Gasteiger partial charge in [-0.2, -0.15) is 5.10 Å². The molecule has 1 aliphatic rings. The van der Waals surface area contributed by atoms with E-state index in [0.717, 1.165) is 47.8 Å². The molecule has 0 radical (unpaired) electrons. The van der Waals surface area contributed by atoms with E-state index in [4.69, 9.17) is 11.6 Å². The van der Waals surface area contributed by atoms with Gasteiger partial charge >= 0.3 is 0 Å². The molecule has 0 amide bonds. The topological polar surface area (TPSA) is 38.0 Å². The van der Waals surface area contributed by atoms with Crippen molar-refractivity contribution in [3.05, 3.63) is 94.4 Å². The molecule has 1 aromatic heterocycles. The smallest absolute Gasteiger partial charge is 0.141 e. The lowest BCUT2D eigenvalue weighted by atomic mass is 9.75. The van der Waals surface area contributed by atoms with E-state index in [2.05, 4.69) is 24.2 Å². The van der Waals surface area contributed by atoms with E-state index in [-0.39, 0.29) is 10.9 Å². The Balaban J connectivity index is 1.63. The summed E-state index contributed by atoms with van der Waals surface area (Å²) in [5, 5.41) is 17.6. The summed E-state index contributed by atoms with van der Waals surface area (Å²) < 4.78 is 15.7. The molecule has 1 atom stereocenters. The highest BCUT2D eigenvalue weighted by Crippen LogP contribution is 2.46. The molecule has 0 spiro atoms. The second kappa shape index (κ2) is 7.77. The molecule has 31 heavy (non-hydrogen) atoms. The normalized spacial score (nSPS) is 16.6. The van der Waals surface area contributed by atoms with Gasteiger partial charge in [-0.25, -0.2) is 9.07 Å². The summed E-state index contributed by atoms with van der Waals surface area (Å²) in [6, 6.07) is 18.7. The Morgan fingerprint density at radius 1 is 1.00 bits per heavy atom. The number of fused-ring (bicyclic) bond motifs is 1. The summed E-state index contributed by atoms with van der Waals surface area (Å²) in [6.45, 7) is 2.06. The van der Waals surface area contributed by atoms with Crippen molar-refractivity contribution in [3.8, 4) is 5.69 Å². The van der Waals surface area contributed by atoms with Crippen LogP contribution in [0.25, 0.3) is 16.6 Å². The van der Waals surface area contributed by atoms with Crippen molar-refractivity contribution < 1.29 is 9.50 Å². The number of aromatic nitrogens is 2. The lowest BCUT2D eigenvalue weighted by molar-refractivity contribution is 0.0189. The molecule has 1 N–H and O–H groups in total. The number of nitrogens with zero attached hydrogens (tertiary/aromatic N) is 2. The maximum Gasteiger partial charge on any atom is 0.141 e. The third kappa shape index (κ3) is 3.44. The molecule has 0 bridgehead atoms. The quantitative estimate of drug-likeness (QED) is 0.395. The number of aliphatic hydroxyl groups is 1. The van der Waals surface area contributed by atoms with Gasteiger partial charge in [0.1, 0.15) is 11.4 Å². The number of benzene rings is 3. The summed E-state index contributed by atoms with van der Waals surface area (Å²) in [7, 11) is 0. The molecule has 1 fully saturated rings. The number of hydrogen-bond acceptors (Lipinski definition) is 2. The zero-order valence-corrected chi connectivity index (χ0v) is 18.1. The lowest BCUT2D eigenvalue weighted by Gasteiger charge is -2.35. The molecule has 1 aliphatic carbocycles. The first-order valence-electron chi connectivity index (χ1n) is 10.7. The van der Waals surface area contributed by atoms with Crippen molar-refractivity contribution in [2.45, 2.75) is 38.2 Å². The van der Waals surface area contributed by atoms with Crippen molar-refractivity contribution in [1.82, 2.24) is 9.78 Å². The first-order valence-corrected chi connectivity index (χ1v) is 11.1. The van der Waals surface area contributed by atoms with Crippen LogP contribution in [0, 0.1) is 18.7 Å². The Bertz CT molecular complexity index is 1240. The van der Waals surface area contributed by atoms with Crippen molar-refractivity contribution in [3.63, 3.8) is 0 Å². The fourth-order valence-electron chi connectivity index (χ4n) is 4.88. The first kappa shape index (κ1) is 20.2. The highest BCUT2D eigenvalue weighted by atomic mass is 35.5. The van der Waals surface area contributed by atoms with Crippen molar-refractivity contribution in [2.24, 2.45) is 5.92 Å². The molecule has 1 unspecified atom stereocenters. The second-order valence-corrected chi connectivity index (χ2v) is 8.95. The predicted octanol–water partition coefficient (Wildman–Crippen LogP) is 6.55. The van der Waals surface area contributed by atoms with Gasteiger partial charge in [0.25, 0.3) is 0 Å². The average Bonchev–Trinajstić information content (AvgIpc) is 3.46. The average molecular weight is 435 g/mol. The van der Waals surface area contributed by atoms with Gasteiger partial charge in [-0.05, 0) is 73.2 Å². The highest BCUT2D eigenvalue weighted by molar-refractivity contribution is 6.30. The van der Waals surface area contributed by atoms with Gasteiger partial charge in [0.05, 0.1) is 22.4 Å². The maximum atomic E-state index is 13.8. The first-order chi connectivity index (χ1) is 15.0. The van der Waals surface area contributed by atoms with E-state index < -0.39 is 11.4 Å². The number of rotatable bonds is 4. The van der Waals surface area contributed by atoms with E-state index in [1.54, 1.807) is 12.1 Å². The van der Waals surface area contributed by atoms with Gasteiger partial charge in [0.2, 0.25) is 0 Å². The third-order valence-corrected chi connectivity index (χ3v) is 6.88. The van der Waals surface area contributed by atoms with Crippen molar-refractivity contribution in [1.29, 1.82) is 0 Å². The Hall–Kier alpha value is -2.69. The van der Waals surface area contributed by atoms with Gasteiger partial charge in [-0.1, -0.05) is 54.3 Å². The summed E-state index contributed by atoms with van der Waals surface area (Å²) in [4.78, 5) is 0. The summed E-state index contributed by atoms with van der Waals surface area (Å²) in [5.41, 5.74) is 3.35. The van der Waals surface area contributed by atoms with Crippen LogP contribution < -0.4 is 0 Å². The van der Waals surface area contributed by atoms with Crippen LogP contribution in [0.5, 0.6) is 0 Å². The van der Waals surface area contributed by atoms with Crippen LogP contribution in [0.4, 0.5) is 4.39 Å². The fraction of sp³-hybridized carbons (Fsp3) is 0.269. The summed E-state index contributed by atoms with van der Waals surface area (Å²) in [6.07, 6.45) is 5.83. The molecule has 0 aliphatic heterocycles. The predicted molar refractivity (Wildman–Crippen MR) is 122 cm³/mol. The van der Waals surface area contributed by atoms with Crippen LogP contribution in [-0.4, -0.2) is 14.9 Å². The number of halogens is 2. The minimum atomic E-state index is -1.23. The number of hydrogen-bond donors (Lipinski definition) is 1. The van der Waals surface area contributed by atoms with E-state index in [0.29, 0.717) is 5.56 Å². The number of aryl methyl sites for hydroxylation is 1. The van der Waals surface area contributed by atoms with Crippen LogP contribution in [0.1, 0.15) is 42.4 Å². The van der Waals surface area contributed by atoms with E-state index >= 15 is 0 Å². The Kier molecular flexibility index (Phi) is 5.07. The van der Waals surface area contributed by atoms with Crippen LogP contribution in [0.15, 0.2) is 66.9 Å². The standard InChI is InChI=1S/C26H24ClFN2O/c1-17-6-10-22(11-7-17)30-25-13-9-20(14-18(25)16-29-30)26(31,19-4-2-3-5-19)21-8-12-24(28)23(27)15-21/h6-16,19,31H,2-5H2,1H3. The van der Waals surface area contributed by atoms with Crippen LogP contribution in [0.3, 0.4) is 0 Å². The Morgan fingerprint density at radius 2 is 1.68 bits per heavy atom. The van der Waals surface area contributed by atoms with Crippen LogP contribution in [-0.2, 0) is 5.60 Å². The zero-order chi connectivity index (χ0) is 21.6. The second-order valence-electron chi connectivity index (χ2n) is 8.54. The van der Waals surface area contributed by atoms with Crippen LogP contribution in [0.2, 0.25) is 5.02 Å². The molecular weight excluding hydrogens is 411 g/mol. The van der Waals surface area contributed by atoms with Gasteiger partial charge in [-0.3, -0.25) is 0 Å². The molecule has 4 aromatic rings. The minimum Gasteiger partial charge on any atom is -0.380 e. The molecule has 0 saturated heterocycles. The lowest BCUT2D eigenvalue weighted by Crippen LogP contribution is -2.35. The van der Waals surface area contributed by atoms with E-state index in [1.165, 1.54) is 11.6 Å². The van der Waals surface area contributed by atoms with E-state index in [9.17, 15) is 9.50 Å². The SMILES string of the molecule is Cc1ccc(-n2ncc3cc(C(O)(c4ccc(F)c(Cl)c4)C4CCCC4)ccc32)cc1. The van der Waals surface area contributed by atoms with Gasteiger partial charge in [0, 0.05) is 5.39 Å². The van der Waals surface area contributed by atoms with Gasteiger partial charge in [0.15, 0.2) is 0 Å². The van der Waals surface area contributed by atoms with Crippen molar-refractivity contribution in [2.75, 3.05) is 0 Å².